The molecule has 0 aromatic carbocycles. The summed E-state index contributed by atoms with van der Waals surface area (Å²) >= 11 is 15.4. The molecule has 0 saturated heterocycles. The molecular formula is C12H24Cl3O3Sb. The molecule has 0 N–H and O–H groups in total. The molecule has 0 aliphatic carbocycles. The van der Waals surface area contributed by atoms with Crippen molar-refractivity contribution in [2.75, 3.05) is 19.8 Å². The number of hydrogen-bond acceptors (Lipinski definition) is 3. The van der Waals surface area contributed by atoms with Crippen LogP contribution in [0.1, 0.15) is 40.0 Å². The Labute approximate surface area is 140 Å². The van der Waals surface area contributed by atoms with Crippen LogP contribution in [-0.4, -0.2) is 57.4 Å². The number of alkyl halides is 3. The van der Waals surface area contributed by atoms with Crippen molar-refractivity contribution in [3.63, 3.8) is 0 Å². The Balaban J connectivity index is 4.06. The number of hydrogen-bond donors (Lipinski definition) is 0. The molecule has 0 aliphatic rings. The molecule has 0 rings (SSSR count). The SMILES string of the molecule is CCC(Cl)C[O][Sb]([O]CC(Cl)CC)[O]CC(Cl)CC. The van der Waals surface area contributed by atoms with E-state index in [1.54, 1.807) is 0 Å². The van der Waals surface area contributed by atoms with Crippen LogP contribution < -0.4 is 0 Å². The van der Waals surface area contributed by atoms with E-state index in [4.69, 9.17) is 43.8 Å². The first-order valence-electron chi connectivity index (χ1n) is 6.64. The first kappa shape index (κ1) is 20.6. The van der Waals surface area contributed by atoms with E-state index in [0.29, 0.717) is 19.8 Å². The van der Waals surface area contributed by atoms with Crippen LogP contribution in [0.25, 0.3) is 0 Å². The van der Waals surface area contributed by atoms with Crippen molar-refractivity contribution in [3.8, 4) is 0 Å². The maximum absolute atomic E-state index is 6.03. The summed E-state index contributed by atoms with van der Waals surface area (Å²) in [7, 11) is 0. The van der Waals surface area contributed by atoms with Crippen molar-refractivity contribution in [2.24, 2.45) is 0 Å². The van der Waals surface area contributed by atoms with Crippen LogP contribution in [-0.2, 0) is 9.05 Å². The summed E-state index contributed by atoms with van der Waals surface area (Å²) in [5, 5.41) is -0.0135. The first-order chi connectivity index (χ1) is 9.03. The van der Waals surface area contributed by atoms with Gasteiger partial charge >= 0.3 is 141 Å². The molecule has 3 unspecified atom stereocenters. The van der Waals surface area contributed by atoms with E-state index >= 15 is 0 Å². The van der Waals surface area contributed by atoms with E-state index in [1.807, 2.05) is 20.8 Å². The molecule has 0 saturated carbocycles. The van der Waals surface area contributed by atoms with Crippen molar-refractivity contribution in [2.45, 2.75) is 56.2 Å². The minimum atomic E-state index is -2.66. The molecule has 19 heavy (non-hydrogen) atoms. The van der Waals surface area contributed by atoms with Gasteiger partial charge in [0.1, 0.15) is 0 Å². The van der Waals surface area contributed by atoms with Gasteiger partial charge in [-0.2, -0.15) is 0 Å². The molecule has 0 bridgehead atoms. The molecule has 0 aromatic heterocycles. The summed E-state index contributed by atoms with van der Waals surface area (Å²) in [6, 6.07) is 0. The van der Waals surface area contributed by atoms with Gasteiger partial charge in [-0.3, -0.25) is 0 Å². The summed E-state index contributed by atoms with van der Waals surface area (Å²) in [6.07, 6.45) is 2.57. The van der Waals surface area contributed by atoms with Crippen LogP contribution in [0.3, 0.4) is 0 Å². The van der Waals surface area contributed by atoms with Crippen LogP contribution in [0.5, 0.6) is 0 Å². The Morgan fingerprint density at radius 3 is 1.16 bits per heavy atom. The topological polar surface area (TPSA) is 27.7 Å². The normalized spacial score (nSPS) is 16.6. The fraction of sp³-hybridized carbons (Fsp3) is 1.00. The molecule has 0 spiro atoms. The van der Waals surface area contributed by atoms with Crippen molar-refractivity contribution in [1.29, 1.82) is 0 Å². The fourth-order valence-corrected chi connectivity index (χ4v) is 5.09. The van der Waals surface area contributed by atoms with Crippen LogP contribution in [0.15, 0.2) is 0 Å². The van der Waals surface area contributed by atoms with Gasteiger partial charge in [0.15, 0.2) is 0 Å². The molecule has 3 nitrogen and oxygen atoms in total. The van der Waals surface area contributed by atoms with Gasteiger partial charge in [-0.05, 0) is 0 Å². The Kier molecular flexibility index (Phi) is 14.3. The Hall–Kier alpha value is 1.57. The third kappa shape index (κ3) is 11.9. The van der Waals surface area contributed by atoms with E-state index in [1.165, 1.54) is 0 Å². The quantitative estimate of drug-likeness (QED) is 0.336. The predicted molar refractivity (Wildman–Crippen MR) is 83.4 cm³/mol. The van der Waals surface area contributed by atoms with Crippen LogP contribution in [0.2, 0.25) is 0 Å². The maximum atomic E-state index is 6.03. The number of rotatable bonds is 12. The summed E-state index contributed by atoms with van der Waals surface area (Å²) in [6.45, 7) is 7.42. The van der Waals surface area contributed by atoms with Gasteiger partial charge in [0.25, 0.3) is 0 Å². The Bertz CT molecular complexity index is 179. The van der Waals surface area contributed by atoms with E-state index < -0.39 is 21.5 Å². The summed E-state index contributed by atoms with van der Waals surface area (Å²) in [4.78, 5) is 0. The minimum absolute atomic E-state index is 0.00449. The molecule has 0 heterocycles. The number of halogens is 3. The monoisotopic (exact) mass is 442 g/mol. The molecule has 0 radical (unpaired) electrons. The molecule has 7 heteroatoms. The van der Waals surface area contributed by atoms with Gasteiger partial charge in [0.05, 0.1) is 0 Å². The molecule has 0 aromatic rings. The molecule has 116 valence electrons. The Morgan fingerprint density at radius 2 is 0.947 bits per heavy atom. The third-order valence-electron chi connectivity index (χ3n) is 2.41. The molecule has 0 fully saturated rings. The third-order valence-corrected chi connectivity index (χ3v) is 6.80. The van der Waals surface area contributed by atoms with Crippen LogP contribution in [0.4, 0.5) is 0 Å². The van der Waals surface area contributed by atoms with Gasteiger partial charge in [-0.25, -0.2) is 0 Å². The van der Waals surface area contributed by atoms with Crippen LogP contribution in [0, 0.1) is 0 Å². The molecular weight excluding hydrogens is 420 g/mol. The van der Waals surface area contributed by atoms with Crippen LogP contribution >= 0.6 is 34.8 Å². The van der Waals surface area contributed by atoms with Crippen molar-refractivity contribution in [3.05, 3.63) is 0 Å². The van der Waals surface area contributed by atoms with Crippen molar-refractivity contribution < 1.29 is 9.05 Å². The Morgan fingerprint density at radius 1 is 0.684 bits per heavy atom. The predicted octanol–water partition coefficient (Wildman–Crippen LogP) is 4.07. The average molecular weight is 444 g/mol. The second-order valence-electron chi connectivity index (χ2n) is 4.13. The van der Waals surface area contributed by atoms with E-state index in [2.05, 4.69) is 0 Å². The second kappa shape index (κ2) is 13.2. The van der Waals surface area contributed by atoms with Crippen molar-refractivity contribution >= 4 is 56.3 Å². The zero-order valence-corrected chi connectivity index (χ0v) is 16.6. The van der Waals surface area contributed by atoms with Gasteiger partial charge in [-0.1, -0.05) is 0 Å². The fourth-order valence-electron chi connectivity index (χ4n) is 0.891. The van der Waals surface area contributed by atoms with E-state index in [0.717, 1.165) is 19.3 Å². The molecule has 3 atom stereocenters. The van der Waals surface area contributed by atoms with E-state index in [-0.39, 0.29) is 16.1 Å². The summed E-state index contributed by atoms with van der Waals surface area (Å²) in [5.41, 5.74) is 0. The zero-order chi connectivity index (χ0) is 14.7. The average Bonchev–Trinajstić information content (AvgIpc) is 2.44. The second-order valence-corrected chi connectivity index (χ2v) is 9.47. The van der Waals surface area contributed by atoms with Gasteiger partial charge in [0.2, 0.25) is 0 Å². The zero-order valence-electron chi connectivity index (χ0n) is 11.8. The molecule has 0 aliphatic heterocycles. The summed E-state index contributed by atoms with van der Waals surface area (Å²) in [5.74, 6) is 0. The van der Waals surface area contributed by atoms with Gasteiger partial charge in [-0.15, -0.1) is 0 Å². The standard InChI is InChI=1S/3C4H8ClO.Sb/c3*1-2-4(5)3-6;/h3*4H,2-3H2,1H3;/q3*-1;+3. The van der Waals surface area contributed by atoms with Gasteiger partial charge in [0, 0.05) is 0 Å². The summed E-state index contributed by atoms with van der Waals surface area (Å²) < 4.78 is 17.0. The molecule has 0 amide bonds. The van der Waals surface area contributed by atoms with Crippen molar-refractivity contribution in [1.82, 2.24) is 0 Å². The van der Waals surface area contributed by atoms with Gasteiger partial charge < -0.3 is 0 Å². The van der Waals surface area contributed by atoms with E-state index in [9.17, 15) is 0 Å². The first-order valence-corrected chi connectivity index (χ1v) is 11.1.